The van der Waals surface area contributed by atoms with Crippen molar-refractivity contribution in [2.75, 3.05) is 19.6 Å². The molecule has 0 saturated carbocycles. The van der Waals surface area contributed by atoms with Crippen LogP contribution in [0.4, 0.5) is 13.2 Å². The van der Waals surface area contributed by atoms with Gasteiger partial charge in [0.15, 0.2) is 5.96 Å². The Bertz CT molecular complexity index is 671. The Hall–Kier alpha value is -1.78. The molecule has 0 aliphatic carbocycles. The van der Waals surface area contributed by atoms with E-state index in [4.69, 9.17) is 0 Å². The SMILES string of the molecule is CCNC(=NCCC(F)(F)F)NCCc1cnn(-c2ccccc2)c1.I. The molecule has 0 bridgehead atoms. The summed E-state index contributed by atoms with van der Waals surface area (Å²) in [4.78, 5) is 3.94. The van der Waals surface area contributed by atoms with Crippen LogP contribution in [-0.2, 0) is 6.42 Å². The molecule has 1 aromatic carbocycles. The maximum Gasteiger partial charge on any atom is 0.390 e. The van der Waals surface area contributed by atoms with Gasteiger partial charge in [0.2, 0.25) is 0 Å². The zero-order chi connectivity index (χ0) is 18.1. The first-order chi connectivity index (χ1) is 12.0. The standard InChI is InChI=1S/C17H22F3N5.HI/c1-2-21-16(23-11-9-17(18,19)20)22-10-8-14-12-24-25(13-14)15-6-4-3-5-7-15;/h3-7,12-13H,2,8-11H2,1H3,(H2,21,22,23);1H. The van der Waals surface area contributed by atoms with E-state index in [0.717, 1.165) is 11.3 Å². The first kappa shape index (κ1) is 22.3. The molecule has 0 radical (unpaired) electrons. The smallest absolute Gasteiger partial charge is 0.357 e. The number of hydrogen-bond acceptors (Lipinski definition) is 2. The molecule has 2 N–H and O–H groups in total. The number of benzene rings is 1. The lowest BCUT2D eigenvalue weighted by Gasteiger charge is -2.11. The van der Waals surface area contributed by atoms with E-state index in [-0.39, 0.29) is 30.5 Å². The molecular formula is C17H23F3IN5. The minimum Gasteiger partial charge on any atom is -0.357 e. The van der Waals surface area contributed by atoms with E-state index in [9.17, 15) is 13.2 Å². The molecule has 0 aliphatic heterocycles. The van der Waals surface area contributed by atoms with E-state index in [1.54, 1.807) is 10.9 Å². The van der Waals surface area contributed by atoms with Crippen molar-refractivity contribution < 1.29 is 13.2 Å². The molecule has 0 amide bonds. The second-order valence-corrected chi connectivity index (χ2v) is 5.43. The maximum absolute atomic E-state index is 12.2. The monoisotopic (exact) mass is 481 g/mol. The van der Waals surface area contributed by atoms with E-state index in [0.29, 0.717) is 25.5 Å². The summed E-state index contributed by atoms with van der Waals surface area (Å²) in [5, 5.41) is 10.3. The number of aliphatic imine (C=N–C) groups is 1. The lowest BCUT2D eigenvalue weighted by molar-refractivity contribution is -0.132. The quantitative estimate of drug-likeness (QED) is 0.362. The molecule has 1 heterocycles. The van der Waals surface area contributed by atoms with Gasteiger partial charge in [-0.3, -0.25) is 4.99 Å². The van der Waals surface area contributed by atoms with Crippen molar-refractivity contribution in [2.24, 2.45) is 4.99 Å². The van der Waals surface area contributed by atoms with E-state index in [1.807, 2.05) is 43.5 Å². The first-order valence-corrected chi connectivity index (χ1v) is 8.16. The van der Waals surface area contributed by atoms with Gasteiger partial charge in [0.05, 0.1) is 24.8 Å². The highest BCUT2D eigenvalue weighted by atomic mass is 127. The molecule has 0 saturated heterocycles. The predicted octanol–water partition coefficient (Wildman–Crippen LogP) is 3.54. The summed E-state index contributed by atoms with van der Waals surface area (Å²) in [5.41, 5.74) is 2.01. The zero-order valence-corrected chi connectivity index (χ0v) is 16.8. The van der Waals surface area contributed by atoms with E-state index in [2.05, 4.69) is 20.7 Å². The van der Waals surface area contributed by atoms with Crippen LogP contribution in [0.25, 0.3) is 5.69 Å². The van der Waals surface area contributed by atoms with Gasteiger partial charge in [-0.25, -0.2) is 4.68 Å². The third-order valence-corrected chi connectivity index (χ3v) is 3.37. The molecule has 26 heavy (non-hydrogen) atoms. The predicted molar refractivity (Wildman–Crippen MR) is 107 cm³/mol. The van der Waals surface area contributed by atoms with Gasteiger partial charge in [-0.1, -0.05) is 18.2 Å². The Morgan fingerprint density at radius 3 is 2.58 bits per heavy atom. The van der Waals surface area contributed by atoms with Crippen LogP contribution >= 0.6 is 24.0 Å². The molecule has 2 rings (SSSR count). The highest BCUT2D eigenvalue weighted by Gasteiger charge is 2.26. The van der Waals surface area contributed by atoms with Crippen molar-refractivity contribution in [3.63, 3.8) is 0 Å². The fourth-order valence-corrected chi connectivity index (χ4v) is 2.17. The molecule has 5 nitrogen and oxygen atoms in total. The Balaban J connectivity index is 0.00000338. The summed E-state index contributed by atoms with van der Waals surface area (Å²) in [7, 11) is 0. The summed E-state index contributed by atoms with van der Waals surface area (Å²) in [6, 6.07) is 9.76. The summed E-state index contributed by atoms with van der Waals surface area (Å²) in [6.45, 7) is 2.72. The molecule has 144 valence electrons. The van der Waals surface area contributed by atoms with Crippen LogP contribution in [0.1, 0.15) is 18.9 Å². The van der Waals surface area contributed by atoms with Crippen LogP contribution in [0.5, 0.6) is 0 Å². The van der Waals surface area contributed by atoms with E-state index in [1.165, 1.54) is 0 Å². The summed E-state index contributed by atoms with van der Waals surface area (Å²) in [6.07, 6.45) is -0.704. The van der Waals surface area contributed by atoms with Crippen molar-refractivity contribution in [1.82, 2.24) is 20.4 Å². The van der Waals surface area contributed by atoms with Gasteiger partial charge in [-0.2, -0.15) is 18.3 Å². The van der Waals surface area contributed by atoms with Crippen LogP contribution in [0, 0.1) is 0 Å². The van der Waals surface area contributed by atoms with Crippen LogP contribution in [-0.4, -0.2) is 41.6 Å². The van der Waals surface area contributed by atoms with Crippen LogP contribution in [0.2, 0.25) is 0 Å². The van der Waals surface area contributed by atoms with E-state index < -0.39 is 12.6 Å². The number of para-hydroxylation sites is 1. The minimum atomic E-state index is -4.19. The molecular weight excluding hydrogens is 458 g/mol. The average molecular weight is 481 g/mol. The van der Waals surface area contributed by atoms with Crippen molar-refractivity contribution in [1.29, 1.82) is 0 Å². The Morgan fingerprint density at radius 2 is 1.92 bits per heavy atom. The number of guanidine groups is 1. The lowest BCUT2D eigenvalue weighted by Crippen LogP contribution is -2.38. The molecule has 0 fully saturated rings. The highest BCUT2D eigenvalue weighted by Crippen LogP contribution is 2.18. The van der Waals surface area contributed by atoms with Gasteiger partial charge >= 0.3 is 6.18 Å². The number of nitrogens with zero attached hydrogens (tertiary/aromatic N) is 3. The summed E-state index contributed by atoms with van der Waals surface area (Å²) in [5.74, 6) is 0.391. The first-order valence-electron chi connectivity index (χ1n) is 8.16. The third kappa shape index (κ3) is 8.07. The molecule has 0 unspecified atom stereocenters. The minimum absolute atomic E-state index is 0. The van der Waals surface area contributed by atoms with Crippen molar-refractivity contribution in [3.05, 3.63) is 48.3 Å². The van der Waals surface area contributed by atoms with Crippen LogP contribution in [0.15, 0.2) is 47.7 Å². The molecule has 0 atom stereocenters. The largest absolute Gasteiger partial charge is 0.390 e. The van der Waals surface area contributed by atoms with Crippen molar-refractivity contribution in [3.8, 4) is 5.69 Å². The Morgan fingerprint density at radius 1 is 1.19 bits per heavy atom. The molecule has 9 heteroatoms. The lowest BCUT2D eigenvalue weighted by atomic mass is 10.2. The Labute approximate surface area is 168 Å². The maximum atomic E-state index is 12.2. The number of nitrogens with one attached hydrogen (secondary N) is 2. The number of hydrogen-bond donors (Lipinski definition) is 2. The zero-order valence-electron chi connectivity index (χ0n) is 14.5. The molecule has 1 aromatic heterocycles. The van der Waals surface area contributed by atoms with Crippen LogP contribution < -0.4 is 10.6 Å². The number of halogens is 4. The van der Waals surface area contributed by atoms with Crippen molar-refractivity contribution in [2.45, 2.75) is 25.9 Å². The fraction of sp³-hybridized carbons (Fsp3) is 0.412. The topological polar surface area (TPSA) is 54.2 Å². The number of rotatable bonds is 7. The summed E-state index contributed by atoms with van der Waals surface area (Å²) < 4.78 is 38.4. The Kier molecular flexibility index (Phi) is 9.46. The fourth-order valence-electron chi connectivity index (χ4n) is 2.17. The van der Waals surface area contributed by atoms with Gasteiger partial charge in [0.25, 0.3) is 0 Å². The highest BCUT2D eigenvalue weighted by molar-refractivity contribution is 14.0. The molecule has 0 aliphatic rings. The van der Waals surface area contributed by atoms with Gasteiger partial charge < -0.3 is 10.6 Å². The van der Waals surface area contributed by atoms with Gasteiger partial charge in [0, 0.05) is 19.3 Å². The van der Waals surface area contributed by atoms with Crippen LogP contribution in [0.3, 0.4) is 0 Å². The average Bonchev–Trinajstić information content (AvgIpc) is 3.03. The summed E-state index contributed by atoms with van der Waals surface area (Å²) >= 11 is 0. The van der Waals surface area contributed by atoms with Gasteiger partial charge in [-0.05, 0) is 31.0 Å². The number of alkyl halides is 3. The second-order valence-electron chi connectivity index (χ2n) is 5.43. The van der Waals surface area contributed by atoms with Gasteiger partial charge in [-0.15, -0.1) is 24.0 Å². The van der Waals surface area contributed by atoms with E-state index >= 15 is 0 Å². The number of aromatic nitrogens is 2. The molecule has 2 aromatic rings. The van der Waals surface area contributed by atoms with Crippen molar-refractivity contribution >= 4 is 29.9 Å². The second kappa shape index (κ2) is 11.0. The molecule has 0 spiro atoms. The normalized spacial score (nSPS) is 11.8. The van der Waals surface area contributed by atoms with Gasteiger partial charge in [0.1, 0.15) is 0 Å². The third-order valence-electron chi connectivity index (χ3n) is 3.37.